The van der Waals surface area contributed by atoms with Crippen LogP contribution >= 0.6 is 0 Å². The van der Waals surface area contributed by atoms with Crippen molar-refractivity contribution in [3.8, 4) is 0 Å². The fraction of sp³-hybridized carbons (Fsp3) is 0.389. The minimum absolute atomic E-state index is 0.0932. The van der Waals surface area contributed by atoms with Gasteiger partial charge in [-0.3, -0.25) is 4.79 Å². The van der Waals surface area contributed by atoms with Crippen LogP contribution in [0, 0.1) is 0 Å². The van der Waals surface area contributed by atoms with Gasteiger partial charge in [0.25, 0.3) is 0 Å². The van der Waals surface area contributed by atoms with Crippen LogP contribution < -0.4 is 15.8 Å². The van der Waals surface area contributed by atoms with E-state index in [-0.39, 0.29) is 31.5 Å². The number of rotatable bonds is 10. The van der Waals surface area contributed by atoms with Gasteiger partial charge in [-0.2, -0.15) is 0 Å². The smallest absolute Gasteiger partial charge is 0.235 e. The summed E-state index contributed by atoms with van der Waals surface area (Å²) in [7, 11) is -3.55. The number of benzene rings is 2. The quantitative estimate of drug-likeness (QED) is 0.532. The number of amides is 1. The summed E-state index contributed by atoms with van der Waals surface area (Å²) in [5.41, 5.74) is 6.66. The van der Waals surface area contributed by atoms with Crippen molar-refractivity contribution in [2.45, 2.75) is 13.0 Å². The normalized spacial score (nSPS) is 12.8. The molecular weight excluding hydrogens is 354 g/mol. The summed E-state index contributed by atoms with van der Waals surface area (Å²) < 4.78 is 30.9. The van der Waals surface area contributed by atoms with E-state index in [2.05, 4.69) is 10.0 Å². The van der Waals surface area contributed by atoms with E-state index in [0.717, 1.165) is 16.3 Å². The summed E-state index contributed by atoms with van der Waals surface area (Å²) in [4.78, 5) is 12.1. The second-order valence-electron chi connectivity index (χ2n) is 5.80. The SMILES string of the molecule is CCOCCS(=O)(=O)NCC(=O)NC(CN)c1ccc2ccccc2c1. The predicted molar refractivity (Wildman–Crippen MR) is 102 cm³/mol. The first-order valence-corrected chi connectivity index (χ1v) is 10.1. The van der Waals surface area contributed by atoms with Crippen molar-refractivity contribution < 1.29 is 17.9 Å². The molecular formula is C18H25N3O4S. The number of hydrogen-bond donors (Lipinski definition) is 3. The molecule has 2 rings (SSSR count). The van der Waals surface area contributed by atoms with Gasteiger partial charge in [0.15, 0.2) is 0 Å². The van der Waals surface area contributed by atoms with Crippen LogP contribution in [0.15, 0.2) is 42.5 Å². The number of fused-ring (bicyclic) bond motifs is 1. The van der Waals surface area contributed by atoms with Crippen molar-refractivity contribution in [1.82, 2.24) is 10.0 Å². The van der Waals surface area contributed by atoms with Crippen molar-refractivity contribution in [1.29, 1.82) is 0 Å². The van der Waals surface area contributed by atoms with E-state index in [1.165, 1.54) is 0 Å². The molecule has 0 bridgehead atoms. The monoisotopic (exact) mass is 379 g/mol. The molecule has 0 aliphatic rings. The van der Waals surface area contributed by atoms with E-state index in [1.54, 1.807) is 6.92 Å². The molecule has 2 aromatic rings. The summed E-state index contributed by atoms with van der Waals surface area (Å²) in [6, 6.07) is 13.4. The Bertz CT molecular complexity index is 839. The highest BCUT2D eigenvalue weighted by atomic mass is 32.2. The van der Waals surface area contributed by atoms with Crippen LogP contribution in [0.25, 0.3) is 10.8 Å². The van der Waals surface area contributed by atoms with Gasteiger partial charge in [0.1, 0.15) is 0 Å². The Balaban J connectivity index is 1.94. The molecule has 0 saturated carbocycles. The molecule has 1 atom stereocenters. The standard InChI is InChI=1S/C18H25N3O4S/c1-2-25-9-10-26(23,24)20-13-18(22)21-17(12-19)16-8-7-14-5-3-4-6-15(14)11-16/h3-8,11,17,20H,2,9-10,12-13,19H2,1H3,(H,21,22). The predicted octanol–water partition coefficient (Wildman–Crippen LogP) is 0.912. The fourth-order valence-corrected chi connectivity index (χ4v) is 3.34. The van der Waals surface area contributed by atoms with Gasteiger partial charge in [0, 0.05) is 13.2 Å². The largest absolute Gasteiger partial charge is 0.381 e. The highest BCUT2D eigenvalue weighted by Gasteiger charge is 2.16. The van der Waals surface area contributed by atoms with E-state index < -0.39 is 15.9 Å². The maximum absolute atomic E-state index is 12.1. The van der Waals surface area contributed by atoms with E-state index in [9.17, 15) is 13.2 Å². The summed E-state index contributed by atoms with van der Waals surface area (Å²) in [6.45, 7) is 2.20. The van der Waals surface area contributed by atoms with Gasteiger partial charge in [0.2, 0.25) is 15.9 Å². The van der Waals surface area contributed by atoms with E-state index >= 15 is 0 Å². The molecule has 0 spiro atoms. The number of carbonyl (C=O) groups is 1. The molecule has 0 aliphatic carbocycles. The maximum atomic E-state index is 12.1. The zero-order chi connectivity index (χ0) is 19.0. The Labute approximate surface area is 154 Å². The lowest BCUT2D eigenvalue weighted by Gasteiger charge is -2.18. The first kappa shape index (κ1) is 20.3. The van der Waals surface area contributed by atoms with Crippen LogP contribution in [-0.4, -0.2) is 46.4 Å². The van der Waals surface area contributed by atoms with Crippen LogP contribution in [0.3, 0.4) is 0 Å². The maximum Gasteiger partial charge on any atom is 0.235 e. The van der Waals surface area contributed by atoms with Crippen LogP contribution in [0.2, 0.25) is 0 Å². The highest BCUT2D eigenvalue weighted by Crippen LogP contribution is 2.20. The number of carbonyl (C=O) groups excluding carboxylic acids is 1. The van der Waals surface area contributed by atoms with Gasteiger partial charge in [-0.25, -0.2) is 13.1 Å². The third-order valence-corrected chi connectivity index (χ3v) is 5.19. The minimum atomic E-state index is -3.55. The third kappa shape index (κ3) is 6.06. The van der Waals surface area contributed by atoms with Crippen LogP contribution in [0.5, 0.6) is 0 Å². The molecule has 0 heterocycles. The summed E-state index contributed by atoms with van der Waals surface area (Å²) in [5, 5.41) is 4.91. The molecule has 7 nitrogen and oxygen atoms in total. The Kier molecular flexibility index (Phi) is 7.52. The summed E-state index contributed by atoms with van der Waals surface area (Å²) >= 11 is 0. The van der Waals surface area contributed by atoms with Gasteiger partial charge < -0.3 is 15.8 Å². The van der Waals surface area contributed by atoms with Crippen molar-refractivity contribution in [2.75, 3.05) is 32.1 Å². The lowest BCUT2D eigenvalue weighted by atomic mass is 10.0. The van der Waals surface area contributed by atoms with E-state index in [4.69, 9.17) is 10.5 Å². The molecule has 0 fully saturated rings. The Morgan fingerprint density at radius 3 is 2.62 bits per heavy atom. The second-order valence-corrected chi connectivity index (χ2v) is 7.73. The van der Waals surface area contributed by atoms with Crippen LogP contribution in [0.4, 0.5) is 0 Å². The highest BCUT2D eigenvalue weighted by molar-refractivity contribution is 7.89. The Morgan fingerprint density at radius 2 is 1.92 bits per heavy atom. The van der Waals surface area contributed by atoms with Crippen LogP contribution in [0.1, 0.15) is 18.5 Å². The van der Waals surface area contributed by atoms with Crippen molar-refractivity contribution in [3.05, 3.63) is 48.0 Å². The molecule has 4 N–H and O–H groups in total. The van der Waals surface area contributed by atoms with Gasteiger partial charge in [-0.05, 0) is 29.3 Å². The van der Waals surface area contributed by atoms with Gasteiger partial charge >= 0.3 is 0 Å². The molecule has 26 heavy (non-hydrogen) atoms. The molecule has 0 saturated heterocycles. The zero-order valence-electron chi connectivity index (χ0n) is 14.8. The van der Waals surface area contributed by atoms with Crippen molar-refractivity contribution >= 4 is 26.7 Å². The molecule has 142 valence electrons. The number of hydrogen-bond acceptors (Lipinski definition) is 5. The van der Waals surface area contributed by atoms with E-state index in [1.807, 2.05) is 42.5 Å². The lowest BCUT2D eigenvalue weighted by molar-refractivity contribution is -0.120. The number of nitrogens with two attached hydrogens (primary N) is 1. The van der Waals surface area contributed by atoms with Crippen molar-refractivity contribution in [2.24, 2.45) is 5.73 Å². The van der Waals surface area contributed by atoms with E-state index in [0.29, 0.717) is 6.61 Å². The number of ether oxygens (including phenoxy) is 1. The zero-order valence-corrected chi connectivity index (χ0v) is 15.6. The molecule has 1 unspecified atom stereocenters. The fourth-order valence-electron chi connectivity index (χ4n) is 2.51. The topological polar surface area (TPSA) is 111 Å². The average Bonchev–Trinajstić information content (AvgIpc) is 2.64. The lowest BCUT2D eigenvalue weighted by Crippen LogP contribution is -2.41. The first-order chi connectivity index (χ1) is 12.4. The first-order valence-electron chi connectivity index (χ1n) is 8.48. The minimum Gasteiger partial charge on any atom is -0.381 e. The molecule has 0 radical (unpaired) electrons. The van der Waals surface area contributed by atoms with Gasteiger partial charge in [-0.15, -0.1) is 0 Å². The summed E-state index contributed by atoms with van der Waals surface area (Å²) in [5.74, 6) is -0.618. The number of sulfonamides is 1. The Morgan fingerprint density at radius 1 is 1.19 bits per heavy atom. The third-order valence-electron chi connectivity index (χ3n) is 3.90. The Hall–Kier alpha value is -2.00. The molecule has 1 amide bonds. The second kappa shape index (κ2) is 9.63. The average molecular weight is 379 g/mol. The van der Waals surface area contributed by atoms with Crippen molar-refractivity contribution in [3.63, 3.8) is 0 Å². The molecule has 8 heteroatoms. The van der Waals surface area contributed by atoms with Crippen LogP contribution in [-0.2, 0) is 19.6 Å². The summed E-state index contributed by atoms with van der Waals surface area (Å²) in [6.07, 6.45) is 0. The molecule has 0 aliphatic heterocycles. The van der Waals surface area contributed by atoms with Gasteiger partial charge in [0.05, 0.1) is 24.9 Å². The molecule has 0 aromatic heterocycles. The van der Waals surface area contributed by atoms with Gasteiger partial charge in [-0.1, -0.05) is 36.4 Å². The molecule has 2 aromatic carbocycles. The number of nitrogens with one attached hydrogen (secondary N) is 2.